The third-order valence-corrected chi connectivity index (χ3v) is 3.19. The van der Waals surface area contributed by atoms with Crippen molar-refractivity contribution in [2.24, 2.45) is 0 Å². The minimum atomic E-state index is -0.561. The summed E-state index contributed by atoms with van der Waals surface area (Å²) in [6.45, 7) is 5.50. The van der Waals surface area contributed by atoms with Crippen LogP contribution in [0.1, 0.15) is 25.6 Å². The molecule has 2 rings (SSSR count). The number of hydrogen-bond acceptors (Lipinski definition) is 3. The first-order valence-corrected chi connectivity index (χ1v) is 7.47. The van der Waals surface area contributed by atoms with Crippen molar-refractivity contribution in [3.63, 3.8) is 0 Å². The molecule has 0 aliphatic rings. The standard InChI is InChI=1S/C17H17NO2S/c1-17(2,3)20-16(19)18(14-8-5-4-6-9-14)12-11-15-10-7-13-21-15/h4-10,13H,1-3H3. The molecular weight excluding hydrogens is 282 g/mol. The van der Waals surface area contributed by atoms with E-state index in [9.17, 15) is 4.79 Å². The summed E-state index contributed by atoms with van der Waals surface area (Å²) < 4.78 is 5.41. The molecule has 0 bridgehead atoms. The number of ether oxygens (including phenoxy) is 1. The maximum Gasteiger partial charge on any atom is 0.426 e. The van der Waals surface area contributed by atoms with Gasteiger partial charge in [0, 0.05) is 6.04 Å². The van der Waals surface area contributed by atoms with Gasteiger partial charge in [-0.2, -0.15) is 0 Å². The van der Waals surface area contributed by atoms with E-state index in [1.807, 2.05) is 68.6 Å². The quantitative estimate of drug-likeness (QED) is 0.573. The maximum absolute atomic E-state index is 12.3. The Morgan fingerprint density at radius 2 is 1.86 bits per heavy atom. The van der Waals surface area contributed by atoms with E-state index in [0.29, 0.717) is 5.69 Å². The van der Waals surface area contributed by atoms with Gasteiger partial charge in [-0.25, -0.2) is 9.69 Å². The number of carbonyl (C=O) groups is 1. The topological polar surface area (TPSA) is 29.5 Å². The molecule has 0 aliphatic carbocycles. The van der Waals surface area contributed by atoms with E-state index in [1.165, 1.54) is 16.2 Å². The number of anilines is 1. The highest BCUT2D eigenvalue weighted by molar-refractivity contribution is 7.10. The van der Waals surface area contributed by atoms with Crippen molar-refractivity contribution >= 4 is 23.1 Å². The number of carbonyl (C=O) groups excluding carboxylic acids is 1. The number of rotatable bonds is 1. The predicted molar refractivity (Wildman–Crippen MR) is 86.4 cm³/mol. The van der Waals surface area contributed by atoms with Crippen LogP contribution >= 0.6 is 11.3 Å². The summed E-state index contributed by atoms with van der Waals surface area (Å²) in [7, 11) is 0. The second-order valence-electron chi connectivity index (χ2n) is 5.37. The fraction of sp³-hybridized carbons (Fsp3) is 0.235. The fourth-order valence-electron chi connectivity index (χ4n) is 1.56. The number of benzene rings is 1. The summed E-state index contributed by atoms with van der Waals surface area (Å²) in [5.41, 5.74) is 0.130. The predicted octanol–water partition coefficient (Wildman–Crippen LogP) is 4.50. The van der Waals surface area contributed by atoms with Gasteiger partial charge in [0.15, 0.2) is 0 Å². The van der Waals surface area contributed by atoms with Crippen LogP contribution in [0.4, 0.5) is 10.5 Å². The molecular formula is C17H17NO2S. The minimum absolute atomic E-state index is 0.474. The normalized spacial score (nSPS) is 10.4. The van der Waals surface area contributed by atoms with Gasteiger partial charge < -0.3 is 4.74 Å². The zero-order valence-corrected chi connectivity index (χ0v) is 13.1. The number of nitrogens with zero attached hydrogens (tertiary/aromatic N) is 1. The lowest BCUT2D eigenvalue weighted by Crippen LogP contribution is -2.33. The molecule has 0 spiro atoms. The van der Waals surface area contributed by atoms with Crippen LogP contribution < -0.4 is 4.90 Å². The molecule has 0 saturated carbocycles. The van der Waals surface area contributed by atoms with Crippen LogP contribution in [0.3, 0.4) is 0 Å². The van der Waals surface area contributed by atoms with E-state index in [0.717, 1.165) is 4.88 Å². The molecule has 21 heavy (non-hydrogen) atoms. The van der Waals surface area contributed by atoms with Crippen molar-refractivity contribution in [2.75, 3.05) is 4.90 Å². The molecule has 1 aromatic carbocycles. The summed E-state index contributed by atoms with van der Waals surface area (Å²) in [5.74, 6) is 2.98. The Morgan fingerprint density at radius 3 is 2.43 bits per heavy atom. The highest BCUT2D eigenvalue weighted by Gasteiger charge is 2.22. The second kappa shape index (κ2) is 6.47. The van der Waals surface area contributed by atoms with Gasteiger partial charge in [-0.15, -0.1) is 11.3 Å². The monoisotopic (exact) mass is 299 g/mol. The fourth-order valence-corrected chi connectivity index (χ4v) is 2.13. The highest BCUT2D eigenvalue weighted by atomic mass is 32.1. The molecule has 0 unspecified atom stereocenters. The maximum atomic E-state index is 12.3. The first-order chi connectivity index (χ1) is 9.96. The SMILES string of the molecule is CC(C)(C)OC(=O)N(C#Cc1cccs1)c1ccccc1. The largest absolute Gasteiger partial charge is 0.443 e. The van der Waals surface area contributed by atoms with Crippen molar-refractivity contribution in [3.05, 3.63) is 52.7 Å². The van der Waals surface area contributed by atoms with E-state index in [1.54, 1.807) is 0 Å². The van der Waals surface area contributed by atoms with Crippen molar-refractivity contribution in [3.8, 4) is 12.0 Å². The third-order valence-electron chi connectivity index (χ3n) is 2.40. The third kappa shape index (κ3) is 4.66. The molecule has 0 atom stereocenters. The van der Waals surface area contributed by atoms with Crippen LogP contribution in [0.15, 0.2) is 47.8 Å². The van der Waals surface area contributed by atoms with Gasteiger partial charge in [0.1, 0.15) is 5.60 Å². The van der Waals surface area contributed by atoms with Crippen LogP contribution in [0, 0.1) is 12.0 Å². The molecule has 0 N–H and O–H groups in total. The van der Waals surface area contributed by atoms with Gasteiger partial charge in [-0.05, 0) is 50.3 Å². The lowest BCUT2D eigenvalue weighted by molar-refractivity contribution is 0.0600. The Morgan fingerprint density at radius 1 is 1.14 bits per heavy atom. The molecule has 1 amide bonds. The van der Waals surface area contributed by atoms with Gasteiger partial charge in [-0.3, -0.25) is 0 Å². The Labute approximate surface area is 129 Å². The van der Waals surface area contributed by atoms with E-state index < -0.39 is 11.7 Å². The van der Waals surface area contributed by atoms with Crippen LogP contribution in [-0.4, -0.2) is 11.7 Å². The zero-order chi connectivity index (χ0) is 15.3. The Bertz CT molecular complexity index is 646. The van der Waals surface area contributed by atoms with Gasteiger partial charge in [-0.1, -0.05) is 24.3 Å². The number of hydrogen-bond donors (Lipinski definition) is 0. The van der Waals surface area contributed by atoms with Gasteiger partial charge in [0.2, 0.25) is 0 Å². The lowest BCUT2D eigenvalue weighted by Gasteiger charge is -2.23. The molecule has 4 heteroatoms. The van der Waals surface area contributed by atoms with E-state index in [4.69, 9.17) is 4.74 Å². The van der Waals surface area contributed by atoms with Crippen molar-refractivity contribution in [2.45, 2.75) is 26.4 Å². The summed E-state index contributed by atoms with van der Waals surface area (Å²) >= 11 is 1.53. The van der Waals surface area contributed by atoms with Gasteiger partial charge >= 0.3 is 6.09 Å². The number of para-hydroxylation sites is 1. The highest BCUT2D eigenvalue weighted by Crippen LogP contribution is 2.17. The van der Waals surface area contributed by atoms with Crippen LogP contribution in [-0.2, 0) is 4.74 Å². The zero-order valence-electron chi connectivity index (χ0n) is 12.3. The lowest BCUT2D eigenvalue weighted by atomic mass is 10.2. The smallest absolute Gasteiger partial charge is 0.426 e. The first kappa shape index (κ1) is 15.1. The number of thiophene rings is 1. The van der Waals surface area contributed by atoms with Crippen LogP contribution in [0.5, 0.6) is 0 Å². The Hall–Kier alpha value is -2.25. The average Bonchev–Trinajstić information content (AvgIpc) is 2.91. The molecule has 3 nitrogen and oxygen atoms in total. The summed E-state index contributed by atoms with van der Waals surface area (Å²) in [5, 5.41) is 1.95. The van der Waals surface area contributed by atoms with E-state index >= 15 is 0 Å². The molecule has 0 fully saturated rings. The first-order valence-electron chi connectivity index (χ1n) is 6.59. The van der Waals surface area contributed by atoms with Gasteiger partial charge in [0.05, 0.1) is 10.6 Å². The molecule has 2 aromatic rings. The van der Waals surface area contributed by atoms with Crippen molar-refractivity contribution < 1.29 is 9.53 Å². The molecule has 0 radical (unpaired) electrons. The summed E-state index contributed by atoms with van der Waals surface area (Å²) in [6, 6.07) is 16.0. The molecule has 0 aliphatic heterocycles. The Balaban J connectivity index is 2.29. The molecule has 108 valence electrons. The van der Waals surface area contributed by atoms with E-state index in [2.05, 4.69) is 12.0 Å². The summed E-state index contributed by atoms with van der Waals surface area (Å²) in [6.07, 6.45) is -0.474. The van der Waals surface area contributed by atoms with Gasteiger partial charge in [0.25, 0.3) is 0 Å². The number of amides is 1. The average molecular weight is 299 g/mol. The second-order valence-corrected chi connectivity index (χ2v) is 6.31. The molecule has 1 heterocycles. The van der Waals surface area contributed by atoms with Crippen LogP contribution in [0.25, 0.3) is 0 Å². The Kier molecular flexibility index (Phi) is 4.66. The molecule has 0 saturated heterocycles. The summed E-state index contributed by atoms with van der Waals surface area (Å²) in [4.78, 5) is 14.6. The van der Waals surface area contributed by atoms with Crippen molar-refractivity contribution in [1.29, 1.82) is 0 Å². The van der Waals surface area contributed by atoms with Crippen molar-refractivity contribution in [1.82, 2.24) is 0 Å². The molecule has 1 aromatic heterocycles. The van der Waals surface area contributed by atoms with E-state index in [-0.39, 0.29) is 0 Å². The van der Waals surface area contributed by atoms with Crippen LogP contribution in [0.2, 0.25) is 0 Å². The minimum Gasteiger partial charge on any atom is -0.443 e.